The van der Waals surface area contributed by atoms with Crippen LogP contribution in [0.2, 0.25) is 0 Å². The van der Waals surface area contributed by atoms with Gasteiger partial charge in [0.1, 0.15) is 5.78 Å². The van der Waals surface area contributed by atoms with Gasteiger partial charge in [-0.1, -0.05) is 46.1 Å². The summed E-state index contributed by atoms with van der Waals surface area (Å²) in [6.07, 6.45) is 5.37. The molecule has 0 aromatic rings. The quantitative estimate of drug-likeness (QED) is 0.587. The number of allylic oxidation sites excluding steroid dienone is 1. The number of fused-ring (bicyclic) bond motifs is 3. The topological polar surface area (TPSA) is 66.8 Å². The second-order valence-corrected chi connectivity index (χ2v) is 9.50. The Bertz CT molecular complexity index is 576. The van der Waals surface area contributed by atoms with Gasteiger partial charge >= 0.3 is 0 Å². The molecule has 2 bridgehead atoms. The summed E-state index contributed by atoms with van der Waals surface area (Å²) in [6, 6.07) is 0. The normalized spacial score (nSPS) is 41.4. The first kappa shape index (κ1) is 19.1. The highest BCUT2D eigenvalue weighted by molar-refractivity contribution is 5.87. The summed E-state index contributed by atoms with van der Waals surface area (Å²) in [7, 11) is 0. The molecule has 0 aliphatic heterocycles. The molecule has 4 nitrogen and oxygen atoms in total. The second kappa shape index (κ2) is 6.47. The summed E-state index contributed by atoms with van der Waals surface area (Å²) in [5.41, 5.74) is 1.94. The minimum atomic E-state index is -1.76. The van der Waals surface area contributed by atoms with Gasteiger partial charge in [-0.05, 0) is 54.9 Å². The number of Topliss-reactive ketones (excluding diaryl/α,β-unsaturated/α-hetero) is 1. The Balaban J connectivity index is 2.05. The van der Waals surface area contributed by atoms with Gasteiger partial charge in [0.05, 0.1) is 6.10 Å². The number of hydrogen-bond donors (Lipinski definition) is 2. The SMILES string of the molecule is CC1=C2CC(=O)[C@]3(C)CCC[C@@H](C)[C@H]3C[C@H](C[C@@H]1OC(O)O)C2(C)C. The van der Waals surface area contributed by atoms with Gasteiger partial charge in [-0.15, -0.1) is 0 Å². The van der Waals surface area contributed by atoms with E-state index in [2.05, 4.69) is 27.7 Å². The van der Waals surface area contributed by atoms with Crippen molar-refractivity contribution < 1.29 is 19.7 Å². The molecule has 0 spiro atoms. The zero-order chi connectivity index (χ0) is 18.6. The van der Waals surface area contributed by atoms with Crippen molar-refractivity contribution in [3.63, 3.8) is 0 Å². The van der Waals surface area contributed by atoms with Crippen LogP contribution in [0.1, 0.15) is 73.1 Å². The smallest absolute Gasteiger partial charge is 0.267 e. The summed E-state index contributed by atoms with van der Waals surface area (Å²) in [6.45, 7) is 9.25. The van der Waals surface area contributed by atoms with Gasteiger partial charge in [0.2, 0.25) is 0 Å². The molecule has 2 saturated carbocycles. The molecule has 3 rings (SSSR count). The third-order valence-corrected chi connectivity index (χ3v) is 7.92. The minimum absolute atomic E-state index is 0.0431. The lowest BCUT2D eigenvalue weighted by Gasteiger charge is -2.53. The Morgan fingerprint density at radius 2 is 1.88 bits per heavy atom. The van der Waals surface area contributed by atoms with Crippen LogP contribution >= 0.6 is 0 Å². The number of ether oxygens (including phenoxy) is 1. The predicted molar refractivity (Wildman–Crippen MR) is 96.5 cm³/mol. The van der Waals surface area contributed by atoms with Crippen molar-refractivity contribution in [2.75, 3.05) is 0 Å². The van der Waals surface area contributed by atoms with Gasteiger partial charge in [-0.3, -0.25) is 4.79 Å². The first-order valence-electron chi connectivity index (χ1n) is 9.82. The van der Waals surface area contributed by atoms with Crippen LogP contribution in [0.15, 0.2) is 11.1 Å². The number of aliphatic hydroxyl groups excluding tert-OH is 1. The van der Waals surface area contributed by atoms with E-state index in [1.54, 1.807) is 0 Å². The largest absolute Gasteiger partial charge is 0.346 e. The lowest BCUT2D eigenvalue weighted by molar-refractivity contribution is -0.254. The Morgan fingerprint density at radius 3 is 2.52 bits per heavy atom. The van der Waals surface area contributed by atoms with E-state index in [4.69, 9.17) is 4.74 Å². The van der Waals surface area contributed by atoms with E-state index >= 15 is 0 Å². The molecule has 2 fully saturated rings. The van der Waals surface area contributed by atoms with E-state index in [9.17, 15) is 15.0 Å². The molecule has 0 saturated heterocycles. The minimum Gasteiger partial charge on any atom is -0.346 e. The maximum absolute atomic E-state index is 13.4. The summed E-state index contributed by atoms with van der Waals surface area (Å²) >= 11 is 0. The van der Waals surface area contributed by atoms with Crippen LogP contribution in [0.3, 0.4) is 0 Å². The third-order valence-electron chi connectivity index (χ3n) is 7.92. The van der Waals surface area contributed by atoms with Crippen molar-refractivity contribution >= 4 is 5.78 Å². The molecule has 0 radical (unpaired) electrons. The van der Waals surface area contributed by atoms with Crippen molar-refractivity contribution in [3.8, 4) is 0 Å². The van der Waals surface area contributed by atoms with Crippen molar-refractivity contribution in [1.29, 1.82) is 0 Å². The molecule has 3 aliphatic carbocycles. The fourth-order valence-corrected chi connectivity index (χ4v) is 6.05. The molecule has 0 aromatic carbocycles. The van der Waals surface area contributed by atoms with Crippen LogP contribution in [-0.4, -0.2) is 28.6 Å². The first-order valence-corrected chi connectivity index (χ1v) is 9.82. The molecule has 0 amide bonds. The number of carbonyl (C=O) groups is 1. The molecular weight excluding hydrogens is 316 g/mol. The molecule has 142 valence electrons. The van der Waals surface area contributed by atoms with E-state index in [0.29, 0.717) is 30.0 Å². The highest BCUT2D eigenvalue weighted by atomic mass is 16.7. The van der Waals surface area contributed by atoms with Crippen molar-refractivity contribution in [2.24, 2.45) is 28.6 Å². The highest BCUT2D eigenvalue weighted by Crippen LogP contribution is 2.57. The number of ketones is 1. The monoisotopic (exact) mass is 350 g/mol. The fourth-order valence-electron chi connectivity index (χ4n) is 6.05. The Hall–Kier alpha value is -0.710. The van der Waals surface area contributed by atoms with E-state index in [1.165, 1.54) is 6.42 Å². The summed E-state index contributed by atoms with van der Waals surface area (Å²) < 4.78 is 5.39. The fraction of sp³-hybridized carbons (Fsp3) is 0.857. The van der Waals surface area contributed by atoms with E-state index in [0.717, 1.165) is 36.8 Å². The number of hydrogen-bond acceptors (Lipinski definition) is 4. The van der Waals surface area contributed by atoms with Crippen molar-refractivity contribution in [3.05, 3.63) is 11.1 Å². The molecule has 5 atom stereocenters. The van der Waals surface area contributed by atoms with Crippen molar-refractivity contribution in [2.45, 2.75) is 85.7 Å². The van der Waals surface area contributed by atoms with E-state index in [-0.39, 0.29) is 16.9 Å². The van der Waals surface area contributed by atoms with Crippen LogP contribution in [0.4, 0.5) is 0 Å². The summed E-state index contributed by atoms with van der Waals surface area (Å²) in [5, 5.41) is 18.6. The molecule has 2 N–H and O–H groups in total. The molecule has 25 heavy (non-hydrogen) atoms. The second-order valence-electron chi connectivity index (χ2n) is 9.50. The van der Waals surface area contributed by atoms with Gasteiger partial charge in [0.15, 0.2) is 0 Å². The molecule has 0 unspecified atom stereocenters. The molecule has 0 aromatic heterocycles. The van der Waals surface area contributed by atoms with Gasteiger partial charge in [0, 0.05) is 11.8 Å². The average molecular weight is 350 g/mol. The Morgan fingerprint density at radius 1 is 1.20 bits per heavy atom. The number of rotatable bonds is 2. The standard InChI is InChI=1S/C21H34O4/c1-12-7-6-8-21(5)15(12)9-14-10-17(25-19(23)24)13(2)16(11-18(21)22)20(14,3)4/h12,14-15,17,19,23-24H,6-11H2,1-5H3/t12-,14-,15-,17+,21-/m1/s1. The number of carbonyl (C=O) groups excluding carboxylic acids is 1. The Kier molecular flexibility index (Phi) is 4.93. The molecule has 4 heteroatoms. The van der Waals surface area contributed by atoms with Crippen molar-refractivity contribution in [1.82, 2.24) is 0 Å². The highest BCUT2D eigenvalue weighted by Gasteiger charge is 2.53. The van der Waals surface area contributed by atoms with Crippen LogP contribution < -0.4 is 0 Å². The lowest BCUT2D eigenvalue weighted by atomic mass is 9.51. The molecular formula is C21H34O4. The van der Waals surface area contributed by atoms with Gasteiger partial charge < -0.3 is 14.9 Å². The maximum atomic E-state index is 13.4. The lowest BCUT2D eigenvalue weighted by Crippen LogP contribution is -2.50. The summed E-state index contributed by atoms with van der Waals surface area (Å²) in [5.74, 6) is 1.75. The van der Waals surface area contributed by atoms with Gasteiger partial charge in [-0.25, -0.2) is 0 Å². The van der Waals surface area contributed by atoms with Crippen LogP contribution in [0.25, 0.3) is 0 Å². The first-order chi connectivity index (χ1) is 11.6. The van der Waals surface area contributed by atoms with Crippen LogP contribution in [0.5, 0.6) is 0 Å². The van der Waals surface area contributed by atoms with E-state index < -0.39 is 6.48 Å². The van der Waals surface area contributed by atoms with Crippen LogP contribution in [0, 0.1) is 28.6 Å². The summed E-state index contributed by atoms with van der Waals surface area (Å²) in [4.78, 5) is 13.4. The van der Waals surface area contributed by atoms with Gasteiger partial charge in [-0.2, -0.15) is 0 Å². The zero-order valence-electron chi connectivity index (χ0n) is 16.3. The molecule has 0 heterocycles. The maximum Gasteiger partial charge on any atom is 0.267 e. The zero-order valence-corrected chi connectivity index (χ0v) is 16.3. The van der Waals surface area contributed by atoms with E-state index in [1.807, 2.05) is 6.92 Å². The number of aliphatic hydroxyl groups is 2. The predicted octanol–water partition coefficient (Wildman–Crippen LogP) is 3.81. The Labute approximate surface area is 151 Å². The van der Waals surface area contributed by atoms with Crippen LogP contribution in [-0.2, 0) is 9.53 Å². The third kappa shape index (κ3) is 3.11. The van der Waals surface area contributed by atoms with Gasteiger partial charge in [0.25, 0.3) is 6.48 Å². The molecule has 3 aliphatic rings. The average Bonchev–Trinajstić information content (AvgIpc) is 2.50.